The summed E-state index contributed by atoms with van der Waals surface area (Å²) in [4.78, 5) is 28.9. The molecule has 0 aliphatic carbocycles. The van der Waals surface area contributed by atoms with E-state index in [9.17, 15) is 4.79 Å². The molecule has 9 nitrogen and oxygen atoms in total. The number of aryl methyl sites for hydroxylation is 2. The van der Waals surface area contributed by atoms with Gasteiger partial charge in [0.2, 0.25) is 5.16 Å². The van der Waals surface area contributed by atoms with Gasteiger partial charge in [0, 0.05) is 11.4 Å². The molecule has 0 saturated heterocycles. The lowest BCUT2D eigenvalue weighted by molar-refractivity contribution is 0.828. The second kappa shape index (κ2) is 6.52. The van der Waals surface area contributed by atoms with Crippen molar-refractivity contribution in [3.8, 4) is 5.69 Å². The van der Waals surface area contributed by atoms with Crippen LogP contribution in [0.3, 0.4) is 0 Å². The van der Waals surface area contributed by atoms with Crippen LogP contribution in [0, 0.1) is 20.8 Å². The highest BCUT2D eigenvalue weighted by molar-refractivity contribution is 7.99. The Kier molecular flexibility index (Phi) is 3.95. The van der Waals surface area contributed by atoms with Gasteiger partial charge in [0.1, 0.15) is 5.39 Å². The molecule has 0 amide bonds. The zero-order chi connectivity index (χ0) is 20.1. The first-order valence-electron chi connectivity index (χ1n) is 8.93. The van der Waals surface area contributed by atoms with Gasteiger partial charge in [0.15, 0.2) is 10.8 Å². The van der Waals surface area contributed by atoms with Crippen molar-refractivity contribution in [3.63, 3.8) is 0 Å². The van der Waals surface area contributed by atoms with E-state index in [0.29, 0.717) is 27.1 Å². The standard InChI is InChI=1S/C19H16N8OS/c1-10-11(2)21-17-24-19(25-26(17)12(10)3)29-18-22-15-14(16(28)23-18)9-20-27(15)13-7-5-4-6-8-13/h4-9H,1-3H3,(H,22,23,28). The van der Waals surface area contributed by atoms with Crippen molar-refractivity contribution in [2.75, 3.05) is 0 Å². The molecule has 4 aromatic heterocycles. The monoisotopic (exact) mass is 404 g/mol. The average molecular weight is 404 g/mol. The Morgan fingerprint density at radius 3 is 2.62 bits per heavy atom. The number of rotatable bonds is 3. The van der Waals surface area contributed by atoms with Crippen LogP contribution < -0.4 is 5.56 Å². The van der Waals surface area contributed by atoms with Crippen LogP contribution in [0.1, 0.15) is 17.0 Å². The summed E-state index contributed by atoms with van der Waals surface area (Å²) in [7, 11) is 0. The normalized spacial score (nSPS) is 11.6. The van der Waals surface area contributed by atoms with Gasteiger partial charge in [-0.3, -0.25) is 4.79 Å². The summed E-state index contributed by atoms with van der Waals surface area (Å²) in [5.74, 6) is 0.519. The first kappa shape index (κ1) is 17.6. The summed E-state index contributed by atoms with van der Waals surface area (Å²) in [5.41, 5.74) is 4.01. The van der Waals surface area contributed by atoms with E-state index in [-0.39, 0.29) is 5.56 Å². The third-order valence-electron chi connectivity index (χ3n) is 4.85. The van der Waals surface area contributed by atoms with E-state index in [0.717, 1.165) is 22.6 Å². The van der Waals surface area contributed by atoms with Gasteiger partial charge < -0.3 is 4.98 Å². The number of hydrogen-bond donors (Lipinski definition) is 1. The Hall–Kier alpha value is -3.53. The molecule has 0 unspecified atom stereocenters. The molecule has 5 rings (SSSR count). The minimum absolute atomic E-state index is 0.260. The van der Waals surface area contributed by atoms with Gasteiger partial charge in [-0.05, 0) is 50.2 Å². The predicted molar refractivity (Wildman–Crippen MR) is 109 cm³/mol. The molecule has 0 aliphatic heterocycles. The van der Waals surface area contributed by atoms with E-state index >= 15 is 0 Å². The van der Waals surface area contributed by atoms with Gasteiger partial charge >= 0.3 is 0 Å². The fourth-order valence-corrected chi connectivity index (χ4v) is 3.77. The third kappa shape index (κ3) is 2.88. The first-order valence-corrected chi connectivity index (χ1v) is 9.75. The maximum absolute atomic E-state index is 12.5. The molecule has 144 valence electrons. The zero-order valence-electron chi connectivity index (χ0n) is 15.9. The van der Waals surface area contributed by atoms with Gasteiger partial charge in [-0.25, -0.2) is 19.2 Å². The highest BCUT2D eigenvalue weighted by Crippen LogP contribution is 2.24. The Morgan fingerprint density at radius 2 is 1.83 bits per heavy atom. The summed E-state index contributed by atoms with van der Waals surface area (Å²) >= 11 is 1.18. The lowest BCUT2D eigenvalue weighted by atomic mass is 10.2. The number of H-pyrrole nitrogens is 1. The van der Waals surface area contributed by atoms with Crippen molar-refractivity contribution in [2.24, 2.45) is 0 Å². The van der Waals surface area contributed by atoms with Crippen LogP contribution in [-0.2, 0) is 0 Å². The molecule has 0 atom stereocenters. The minimum atomic E-state index is -0.260. The fourth-order valence-electron chi connectivity index (χ4n) is 3.07. The fraction of sp³-hybridized carbons (Fsp3) is 0.158. The van der Waals surface area contributed by atoms with Crippen LogP contribution in [0.15, 0.2) is 51.6 Å². The second-order valence-electron chi connectivity index (χ2n) is 6.62. The molecule has 0 radical (unpaired) electrons. The topological polar surface area (TPSA) is 107 Å². The summed E-state index contributed by atoms with van der Waals surface area (Å²) in [6.07, 6.45) is 1.52. The maximum atomic E-state index is 12.5. The Morgan fingerprint density at radius 1 is 1.03 bits per heavy atom. The SMILES string of the molecule is Cc1nc2nc(Sc3nc4c(cnn4-c4ccccc4)c(=O)[nH]3)nn2c(C)c1C. The van der Waals surface area contributed by atoms with Crippen LogP contribution in [0.25, 0.3) is 22.5 Å². The molecule has 0 bridgehead atoms. The lowest BCUT2D eigenvalue weighted by Crippen LogP contribution is -2.09. The predicted octanol–water partition coefficient (Wildman–Crippen LogP) is 2.62. The molecular formula is C19H16N8OS. The average Bonchev–Trinajstić information content (AvgIpc) is 3.31. The summed E-state index contributed by atoms with van der Waals surface area (Å²) in [6, 6.07) is 9.55. The lowest BCUT2D eigenvalue weighted by Gasteiger charge is -2.04. The number of aromatic amines is 1. The van der Waals surface area contributed by atoms with Crippen molar-refractivity contribution in [1.29, 1.82) is 0 Å². The molecular weight excluding hydrogens is 388 g/mol. The largest absolute Gasteiger partial charge is 0.300 e. The summed E-state index contributed by atoms with van der Waals surface area (Å²) in [6.45, 7) is 5.93. The van der Waals surface area contributed by atoms with Gasteiger partial charge in [-0.15, -0.1) is 5.10 Å². The Balaban J connectivity index is 1.60. The number of benzene rings is 1. The Labute approximate surface area is 168 Å². The van der Waals surface area contributed by atoms with Crippen molar-refractivity contribution >= 4 is 28.6 Å². The highest BCUT2D eigenvalue weighted by Gasteiger charge is 2.16. The van der Waals surface area contributed by atoms with Crippen molar-refractivity contribution in [1.82, 2.24) is 39.3 Å². The van der Waals surface area contributed by atoms with Gasteiger partial charge in [-0.1, -0.05) is 18.2 Å². The van der Waals surface area contributed by atoms with Crippen LogP contribution in [0.5, 0.6) is 0 Å². The second-order valence-corrected chi connectivity index (χ2v) is 7.57. The van der Waals surface area contributed by atoms with Gasteiger partial charge in [0.25, 0.3) is 11.3 Å². The van der Waals surface area contributed by atoms with Crippen LogP contribution >= 0.6 is 11.8 Å². The molecule has 0 aliphatic rings. The smallest absolute Gasteiger partial charge is 0.262 e. The van der Waals surface area contributed by atoms with Crippen LogP contribution in [0.4, 0.5) is 0 Å². The quantitative estimate of drug-likeness (QED) is 0.461. The number of fused-ring (bicyclic) bond motifs is 2. The van der Waals surface area contributed by atoms with Crippen LogP contribution in [0.2, 0.25) is 0 Å². The summed E-state index contributed by atoms with van der Waals surface area (Å²) < 4.78 is 3.35. The number of nitrogens with zero attached hydrogens (tertiary/aromatic N) is 7. The Bertz CT molecular complexity index is 1430. The van der Waals surface area contributed by atoms with E-state index in [2.05, 4.69) is 30.1 Å². The summed E-state index contributed by atoms with van der Waals surface area (Å²) in [5, 5.41) is 10.1. The molecule has 0 fully saturated rings. The van der Waals surface area contributed by atoms with E-state index in [4.69, 9.17) is 0 Å². The van der Waals surface area contributed by atoms with Gasteiger partial charge in [0.05, 0.1) is 11.9 Å². The molecule has 0 spiro atoms. The molecule has 0 saturated carbocycles. The van der Waals surface area contributed by atoms with Crippen molar-refractivity contribution in [2.45, 2.75) is 31.1 Å². The van der Waals surface area contributed by atoms with Gasteiger partial charge in [-0.2, -0.15) is 10.1 Å². The molecule has 1 N–H and O–H groups in total. The molecule has 29 heavy (non-hydrogen) atoms. The van der Waals surface area contributed by atoms with E-state index in [1.165, 1.54) is 18.0 Å². The zero-order valence-corrected chi connectivity index (χ0v) is 16.7. The highest BCUT2D eigenvalue weighted by atomic mass is 32.2. The van der Waals surface area contributed by atoms with E-state index < -0.39 is 0 Å². The van der Waals surface area contributed by atoms with Crippen LogP contribution in [-0.4, -0.2) is 39.3 Å². The first-order chi connectivity index (χ1) is 14.0. The van der Waals surface area contributed by atoms with Crippen molar-refractivity contribution < 1.29 is 0 Å². The number of hydrogen-bond acceptors (Lipinski definition) is 7. The molecule has 4 heterocycles. The molecule has 5 aromatic rings. The maximum Gasteiger partial charge on any atom is 0.262 e. The van der Waals surface area contributed by atoms with Crippen molar-refractivity contribution in [3.05, 3.63) is 63.8 Å². The van der Waals surface area contributed by atoms with E-state index in [1.54, 1.807) is 9.20 Å². The minimum Gasteiger partial charge on any atom is -0.300 e. The van der Waals surface area contributed by atoms with E-state index in [1.807, 2.05) is 51.1 Å². The molecule has 10 heteroatoms. The number of aromatic nitrogens is 8. The molecule has 1 aromatic carbocycles. The number of para-hydroxylation sites is 1. The number of nitrogens with one attached hydrogen (secondary N) is 1. The third-order valence-corrected chi connectivity index (χ3v) is 5.59.